The molecule has 8 nitrogen and oxygen atoms in total. The molecule has 0 aliphatic heterocycles. The molecule has 2 amide bonds. The third-order valence-electron chi connectivity index (χ3n) is 7.30. The number of carbonyl (C=O) groups is 2. The van der Waals surface area contributed by atoms with Crippen molar-refractivity contribution in [1.82, 2.24) is 10.2 Å². The van der Waals surface area contributed by atoms with Crippen molar-refractivity contribution in [3.63, 3.8) is 0 Å². The molecule has 1 atom stereocenters. The van der Waals surface area contributed by atoms with Gasteiger partial charge in [-0.2, -0.15) is 0 Å². The van der Waals surface area contributed by atoms with Gasteiger partial charge in [0.1, 0.15) is 18.3 Å². The second-order valence-corrected chi connectivity index (χ2v) is 12.9. The summed E-state index contributed by atoms with van der Waals surface area (Å²) in [6, 6.07) is 21.4. The maximum atomic E-state index is 14.2. The number of benzene rings is 3. The number of carbonyl (C=O) groups excluding carboxylic acids is 2. The molecule has 218 valence electrons. The van der Waals surface area contributed by atoms with Crippen molar-refractivity contribution in [3.8, 4) is 5.75 Å². The number of anilines is 1. The second-order valence-electron chi connectivity index (χ2n) is 10.1. The molecule has 41 heavy (non-hydrogen) atoms. The monoisotopic (exact) mass is 641 g/mol. The summed E-state index contributed by atoms with van der Waals surface area (Å²) in [6.07, 6.45) is 4.33. The quantitative estimate of drug-likeness (QED) is 0.281. The first kappa shape index (κ1) is 30.6. The molecule has 3 aromatic rings. The number of nitrogens with one attached hydrogen (secondary N) is 1. The molecule has 1 aliphatic carbocycles. The van der Waals surface area contributed by atoms with Gasteiger partial charge in [0.15, 0.2) is 0 Å². The van der Waals surface area contributed by atoms with Crippen LogP contribution in [0.25, 0.3) is 0 Å². The van der Waals surface area contributed by atoms with Gasteiger partial charge in [-0.05, 0) is 73.4 Å². The van der Waals surface area contributed by atoms with Crippen molar-refractivity contribution < 1.29 is 22.7 Å². The van der Waals surface area contributed by atoms with E-state index in [0.717, 1.165) is 40.0 Å². The third-order valence-corrected chi connectivity index (χ3v) is 9.62. The molecule has 0 spiro atoms. The van der Waals surface area contributed by atoms with Crippen molar-refractivity contribution in [2.24, 2.45) is 0 Å². The SMILES string of the molecule is CCC(C(=O)NC1CCCC1)N(Cc1cccc(OC)c1)C(=O)CN(c1ccc(Br)cc1)S(=O)(=O)c1ccccc1. The van der Waals surface area contributed by atoms with E-state index in [4.69, 9.17) is 4.74 Å². The van der Waals surface area contributed by atoms with Crippen LogP contribution in [0.1, 0.15) is 44.6 Å². The fraction of sp³-hybridized carbons (Fsp3) is 0.355. The molecule has 1 fully saturated rings. The summed E-state index contributed by atoms with van der Waals surface area (Å²) in [5.74, 6) is -0.0816. The van der Waals surface area contributed by atoms with E-state index in [1.165, 1.54) is 17.0 Å². The topological polar surface area (TPSA) is 96.0 Å². The van der Waals surface area contributed by atoms with Crippen LogP contribution in [0, 0.1) is 0 Å². The van der Waals surface area contributed by atoms with Crippen LogP contribution in [0.3, 0.4) is 0 Å². The van der Waals surface area contributed by atoms with Crippen molar-refractivity contribution in [2.75, 3.05) is 18.0 Å². The van der Waals surface area contributed by atoms with Gasteiger partial charge >= 0.3 is 0 Å². The van der Waals surface area contributed by atoms with Gasteiger partial charge in [-0.1, -0.05) is 66.0 Å². The number of hydrogen-bond acceptors (Lipinski definition) is 5. The Labute approximate surface area is 250 Å². The number of methoxy groups -OCH3 is 1. The van der Waals surface area contributed by atoms with E-state index in [1.54, 1.807) is 49.6 Å². The summed E-state index contributed by atoms with van der Waals surface area (Å²) in [7, 11) is -2.53. The summed E-state index contributed by atoms with van der Waals surface area (Å²) in [5.41, 5.74) is 1.11. The second kappa shape index (κ2) is 14.0. The van der Waals surface area contributed by atoms with Gasteiger partial charge < -0.3 is 15.0 Å². The van der Waals surface area contributed by atoms with Crippen LogP contribution in [-0.4, -0.2) is 50.9 Å². The largest absolute Gasteiger partial charge is 0.497 e. The number of ether oxygens (including phenoxy) is 1. The van der Waals surface area contributed by atoms with E-state index in [9.17, 15) is 18.0 Å². The van der Waals surface area contributed by atoms with E-state index in [0.29, 0.717) is 17.9 Å². The molecule has 3 aromatic carbocycles. The van der Waals surface area contributed by atoms with Gasteiger partial charge in [0.2, 0.25) is 11.8 Å². The van der Waals surface area contributed by atoms with Crippen molar-refractivity contribution in [3.05, 3.63) is 88.9 Å². The maximum absolute atomic E-state index is 14.2. The predicted octanol–water partition coefficient (Wildman–Crippen LogP) is 5.52. The summed E-state index contributed by atoms with van der Waals surface area (Å²) < 4.78 is 35.0. The van der Waals surface area contributed by atoms with E-state index < -0.39 is 28.5 Å². The maximum Gasteiger partial charge on any atom is 0.264 e. The number of nitrogens with zero attached hydrogens (tertiary/aromatic N) is 2. The summed E-state index contributed by atoms with van der Waals surface area (Å²) in [4.78, 5) is 29.3. The molecule has 4 rings (SSSR count). The third kappa shape index (κ3) is 7.68. The highest BCUT2D eigenvalue weighted by atomic mass is 79.9. The summed E-state index contributed by atoms with van der Waals surface area (Å²) in [5, 5.41) is 3.13. The molecule has 0 aromatic heterocycles. The highest BCUT2D eigenvalue weighted by molar-refractivity contribution is 9.10. The van der Waals surface area contributed by atoms with E-state index in [1.807, 2.05) is 31.2 Å². The van der Waals surface area contributed by atoms with Gasteiger partial charge in [-0.15, -0.1) is 0 Å². The zero-order valence-electron chi connectivity index (χ0n) is 23.3. The Hall–Kier alpha value is -3.37. The van der Waals surface area contributed by atoms with Crippen LogP contribution < -0.4 is 14.4 Å². The molecule has 10 heteroatoms. The molecule has 0 heterocycles. The van der Waals surface area contributed by atoms with E-state index in [2.05, 4.69) is 21.2 Å². The highest BCUT2D eigenvalue weighted by Crippen LogP contribution is 2.27. The minimum Gasteiger partial charge on any atom is -0.497 e. The van der Waals surface area contributed by atoms with Gasteiger partial charge in [-0.25, -0.2) is 8.42 Å². The van der Waals surface area contributed by atoms with Crippen molar-refractivity contribution in [2.45, 2.75) is 62.6 Å². The molecule has 0 radical (unpaired) electrons. The molecular weight excluding hydrogens is 606 g/mol. The van der Waals surface area contributed by atoms with Crippen LogP contribution in [0.5, 0.6) is 5.75 Å². The van der Waals surface area contributed by atoms with Gasteiger partial charge in [-0.3, -0.25) is 13.9 Å². The van der Waals surface area contributed by atoms with Crippen LogP contribution in [0.4, 0.5) is 5.69 Å². The Bertz CT molecular complexity index is 1430. The Morgan fingerprint density at radius 1 is 1.00 bits per heavy atom. The lowest BCUT2D eigenvalue weighted by Crippen LogP contribution is -2.53. The van der Waals surface area contributed by atoms with Crippen LogP contribution in [-0.2, 0) is 26.2 Å². The number of sulfonamides is 1. The molecule has 0 bridgehead atoms. The first-order chi connectivity index (χ1) is 19.7. The first-order valence-corrected chi connectivity index (χ1v) is 16.0. The van der Waals surface area contributed by atoms with Crippen LogP contribution in [0.15, 0.2) is 88.2 Å². The lowest BCUT2D eigenvalue weighted by atomic mass is 10.1. The summed E-state index contributed by atoms with van der Waals surface area (Å²) in [6.45, 7) is 1.50. The average molecular weight is 643 g/mol. The highest BCUT2D eigenvalue weighted by Gasteiger charge is 2.34. The number of hydrogen-bond donors (Lipinski definition) is 1. The molecule has 1 unspecified atom stereocenters. The molecule has 1 aliphatic rings. The molecule has 1 saturated carbocycles. The zero-order chi connectivity index (χ0) is 29.4. The number of rotatable bonds is 12. The standard InChI is InChI=1S/C31H36BrN3O5S/c1-3-29(31(37)33-25-11-7-8-12-25)34(21-23-10-9-13-27(20-23)40-2)30(36)22-35(26-18-16-24(32)17-19-26)41(38,39)28-14-5-4-6-15-28/h4-6,9-10,13-20,25,29H,3,7-8,11-12,21-22H2,1-2H3,(H,33,37). The minimum absolute atomic E-state index is 0.0704. The molecular formula is C31H36BrN3O5S. The van der Waals surface area contributed by atoms with Gasteiger partial charge in [0, 0.05) is 17.1 Å². The van der Waals surface area contributed by atoms with Gasteiger partial charge in [0.05, 0.1) is 17.7 Å². The lowest BCUT2D eigenvalue weighted by molar-refractivity contribution is -0.140. The number of halogens is 1. The first-order valence-electron chi connectivity index (χ1n) is 13.8. The van der Waals surface area contributed by atoms with Crippen molar-refractivity contribution in [1.29, 1.82) is 0 Å². The van der Waals surface area contributed by atoms with E-state index in [-0.39, 0.29) is 23.4 Å². The lowest BCUT2D eigenvalue weighted by Gasteiger charge is -2.33. The molecule has 0 saturated heterocycles. The number of amides is 2. The smallest absolute Gasteiger partial charge is 0.264 e. The molecule has 1 N–H and O–H groups in total. The fourth-order valence-electron chi connectivity index (χ4n) is 5.11. The fourth-order valence-corrected chi connectivity index (χ4v) is 6.81. The Morgan fingerprint density at radius 3 is 2.32 bits per heavy atom. The zero-order valence-corrected chi connectivity index (χ0v) is 25.7. The van der Waals surface area contributed by atoms with Crippen LogP contribution in [0.2, 0.25) is 0 Å². The minimum atomic E-state index is -4.10. The Morgan fingerprint density at radius 2 is 1.68 bits per heavy atom. The summed E-state index contributed by atoms with van der Waals surface area (Å²) >= 11 is 3.40. The van der Waals surface area contributed by atoms with Crippen molar-refractivity contribution >= 4 is 43.5 Å². The van der Waals surface area contributed by atoms with E-state index >= 15 is 0 Å². The Kier molecular flexibility index (Phi) is 10.4. The predicted molar refractivity (Wildman–Crippen MR) is 163 cm³/mol. The van der Waals surface area contributed by atoms with Crippen LogP contribution >= 0.6 is 15.9 Å². The average Bonchev–Trinajstić information content (AvgIpc) is 3.49. The normalized spacial score (nSPS) is 14.3. The van der Waals surface area contributed by atoms with Gasteiger partial charge in [0.25, 0.3) is 10.0 Å². The Balaban J connectivity index is 1.71.